The molecule has 41 heavy (non-hydrogen) atoms. The van der Waals surface area contributed by atoms with Gasteiger partial charge >= 0.3 is 23.9 Å². The van der Waals surface area contributed by atoms with Crippen LogP contribution in [0, 0.1) is 0 Å². The van der Waals surface area contributed by atoms with Crippen LogP contribution >= 0.6 is 0 Å². The van der Waals surface area contributed by atoms with Gasteiger partial charge in [0.2, 0.25) is 0 Å². The van der Waals surface area contributed by atoms with Crippen molar-refractivity contribution in [2.45, 2.75) is 45.9 Å². The number of carboxylic acids is 4. The predicted molar refractivity (Wildman–Crippen MR) is 144 cm³/mol. The molecule has 0 atom stereocenters. The van der Waals surface area contributed by atoms with Crippen molar-refractivity contribution in [3.05, 3.63) is 88.3 Å². The van der Waals surface area contributed by atoms with Crippen molar-refractivity contribution in [3.63, 3.8) is 0 Å². The maximum absolute atomic E-state index is 11.6. The molecule has 0 unspecified atom stereocenters. The molecule has 0 amide bonds. The van der Waals surface area contributed by atoms with Crippen LogP contribution < -0.4 is 0 Å². The molecule has 0 saturated heterocycles. The number of carboxylic acid groups (broad SMARTS) is 4. The van der Waals surface area contributed by atoms with Crippen molar-refractivity contribution >= 4 is 23.9 Å². The van der Waals surface area contributed by atoms with Crippen LogP contribution in [0.1, 0.15) is 69.1 Å². The second-order valence-electron chi connectivity index (χ2n) is 9.75. The third kappa shape index (κ3) is 9.74. The van der Waals surface area contributed by atoms with E-state index in [9.17, 15) is 39.6 Å². The number of pyridine rings is 3. The van der Waals surface area contributed by atoms with Gasteiger partial charge in [-0.2, -0.15) is 0 Å². The van der Waals surface area contributed by atoms with Crippen LogP contribution in [-0.4, -0.2) is 82.1 Å². The van der Waals surface area contributed by atoms with Gasteiger partial charge in [0, 0.05) is 26.2 Å². The number of aliphatic carboxylic acids is 2. The van der Waals surface area contributed by atoms with E-state index < -0.39 is 23.9 Å². The van der Waals surface area contributed by atoms with Gasteiger partial charge in [-0.15, -0.1) is 0 Å². The topological polar surface area (TPSA) is 194 Å². The van der Waals surface area contributed by atoms with E-state index in [-0.39, 0.29) is 56.6 Å². The zero-order valence-electron chi connectivity index (χ0n) is 22.6. The highest BCUT2D eigenvalue weighted by Gasteiger charge is 2.18. The Morgan fingerprint density at radius 3 is 1.37 bits per heavy atom. The van der Waals surface area contributed by atoms with E-state index in [0.717, 1.165) is 5.56 Å². The smallest absolute Gasteiger partial charge is 0.354 e. The Morgan fingerprint density at radius 2 is 1.02 bits per heavy atom. The van der Waals surface area contributed by atoms with E-state index in [1.54, 1.807) is 34.1 Å². The third-order valence-electron chi connectivity index (χ3n) is 5.93. The van der Waals surface area contributed by atoms with Crippen molar-refractivity contribution in [3.8, 4) is 0 Å². The van der Waals surface area contributed by atoms with E-state index in [0.29, 0.717) is 22.8 Å². The largest absolute Gasteiger partial charge is 0.480 e. The molecule has 4 N–H and O–H groups in total. The third-order valence-corrected chi connectivity index (χ3v) is 5.93. The summed E-state index contributed by atoms with van der Waals surface area (Å²) in [5, 5.41) is 37.5. The molecule has 3 heterocycles. The summed E-state index contributed by atoms with van der Waals surface area (Å²) in [4.78, 5) is 61.9. The summed E-state index contributed by atoms with van der Waals surface area (Å²) in [6, 6.07) is 12.7. The molecule has 13 nitrogen and oxygen atoms in total. The van der Waals surface area contributed by atoms with E-state index in [4.69, 9.17) is 0 Å². The Balaban J connectivity index is 1.89. The summed E-state index contributed by atoms with van der Waals surface area (Å²) in [6.07, 6.45) is 0. The highest BCUT2D eigenvalue weighted by molar-refractivity contribution is 5.85. The van der Waals surface area contributed by atoms with Crippen LogP contribution in [0.4, 0.5) is 0 Å². The Kier molecular flexibility index (Phi) is 10.6. The first-order valence-electron chi connectivity index (χ1n) is 12.7. The van der Waals surface area contributed by atoms with Gasteiger partial charge in [-0.25, -0.2) is 19.6 Å². The van der Waals surface area contributed by atoms with Gasteiger partial charge < -0.3 is 20.4 Å². The average Bonchev–Trinajstić information content (AvgIpc) is 2.88. The van der Waals surface area contributed by atoms with Crippen molar-refractivity contribution in [2.75, 3.05) is 13.1 Å². The Hall–Kier alpha value is -4.75. The van der Waals surface area contributed by atoms with Crippen molar-refractivity contribution in [1.82, 2.24) is 24.8 Å². The number of aromatic carboxylic acids is 2. The first-order chi connectivity index (χ1) is 19.4. The summed E-state index contributed by atoms with van der Waals surface area (Å²) in [6.45, 7) is 3.61. The lowest BCUT2D eigenvalue weighted by atomic mass is 10.0. The minimum Gasteiger partial charge on any atom is -0.480 e. The fourth-order valence-corrected chi connectivity index (χ4v) is 4.18. The molecule has 0 bridgehead atoms. The van der Waals surface area contributed by atoms with E-state index in [1.807, 2.05) is 26.0 Å². The van der Waals surface area contributed by atoms with Crippen LogP contribution in [0.3, 0.4) is 0 Å². The molecule has 0 saturated carbocycles. The number of rotatable bonds is 15. The second-order valence-corrected chi connectivity index (χ2v) is 9.75. The number of hydrogen-bond donors (Lipinski definition) is 4. The van der Waals surface area contributed by atoms with Crippen molar-refractivity contribution in [2.24, 2.45) is 0 Å². The fraction of sp³-hybridized carbons (Fsp3) is 0.321. The monoisotopic (exact) mass is 565 g/mol. The van der Waals surface area contributed by atoms with Crippen molar-refractivity contribution in [1.29, 1.82) is 0 Å². The van der Waals surface area contributed by atoms with Gasteiger partial charge in [-0.3, -0.25) is 24.4 Å². The maximum Gasteiger partial charge on any atom is 0.354 e. The van der Waals surface area contributed by atoms with Crippen LogP contribution in [0.2, 0.25) is 0 Å². The average molecular weight is 566 g/mol. The highest BCUT2D eigenvalue weighted by Crippen LogP contribution is 2.20. The van der Waals surface area contributed by atoms with Crippen LogP contribution in [0.5, 0.6) is 0 Å². The standard InChI is InChI=1S/C28H31N5O8/c1-17(2)18-9-21(13-32(15-25(34)35)11-19-5-3-7-23(30-19)27(38)39)29-22(10-18)14-33(16-26(36)37)12-20-6-4-8-24(31-20)28(40)41/h3-10,17H,11-16H2,1-2H3,(H,34,35)(H,36,37)(H,38,39)(H,40,41). The SMILES string of the molecule is CC(C)c1cc(CN(CC(=O)O)Cc2cccc(C(=O)O)n2)nc(CN(CC(=O)O)Cc2cccc(C(=O)O)n2)c1. The summed E-state index contributed by atoms with van der Waals surface area (Å²) < 4.78 is 0. The maximum atomic E-state index is 11.6. The van der Waals surface area contributed by atoms with E-state index in [2.05, 4.69) is 15.0 Å². The lowest BCUT2D eigenvalue weighted by molar-refractivity contribution is -0.139. The molecule has 0 aliphatic heterocycles. The van der Waals surface area contributed by atoms with Gasteiger partial charge in [0.25, 0.3) is 0 Å². The molecular weight excluding hydrogens is 534 g/mol. The molecule has 216 valence electrons. The molecule has 0 spiro atoms. The van der Waals surface area contributed by atoms with E-state index in [1.165, 1.54) is 12.1 Å². The van der Waals surface area contributed by atoms with Gasteiger partial charge in [-0.1, -0.05) is 26.0 Å². The van der Waals surface area contributed by atoms with Crippen LogP contribution in [0.15, 0.2) is 48.5 Å². The van der Waals surface area contributed by atoms with Gasteiger partial charge in [0.05, 0.1) is 35.9 Å². The summed E-state index contributed by atoms with van der Waals surface area (Å²) in [5.74, 6) is -4.46. The Bertz CT molecular complexity index is 1330. The first kappa shape index (κ1) is 30.8. The summed E-state index contributed by atoms with van der Waals surface area (Å²) in [5.41, 5.74) is 2.47. The van der Waals surface area contributed by atoms with E-state index >= 15 is 0 Å². The summed E-state index contributed by atoms with van der Waals surface area (Å²) in [7, 11) is 0. The molecule has 0 aliphatic carbocycles. The zero-order chi connectivity index (χ0) is 30.1. The number of aromatic nitrogens is 3. The molecule has 3 aromatic heterocycles. The minimum atomic E-state index is -1.19. The fourth-order valence-electron chi connectivity index (χ4n) is 4.18. The number of hydrogen-bond acceptors (Lipinski definition) is 9. The number of nitrogens with zero attached hydrogens (tertiary/aromatic N) is 5. The van der Waals surface area contributed by atoms with Crippen LogP contribution in [0.25, 0.3) is 0 Å². The van der Waals surface area contributed by atoms with Crippen molar-refractivity contribution < 1.29 is 39.6 Å². The van der Waals surface area contributed by atoms with Gasteiger partial charge in [-0.05, 0) is 47.9 Å². The van der Waals surface area contributed by atoms with Crippen LogP contribution in [-0.2, 0) is 35.8 Å². The molecule has 13 heteroatoms. The predicted octanol–water partition coefficient (Wildman–Crippen LogP) is 2.57. The second kappa shape index (κ2) is 14.1. The normalized spacial score (nSPS) is 11.2. The molecule has 3 rings (SSSR count). The Labute approximate surface area is 235 Å². The zero-order valence-corrected chi connectivity index (χ0v) is 22.6. The highest BCUT2D eigenvalue weighted by atomic mass is 16.4. The van der Waals surface area contributed by atoms with Gasteiger partial charge in [0.1, 0.15) is 11.4 Å². The molecule has 3 aromatic rings. The molecule has 0 aliphatic rings. The molecule has 0 aromatic carbocycles. The Morgan fingerprint density at radius 1 is 0.634 bits per heavy atom. The minimum absolute atomic E-state index is 0.0626. The quantitative estimate of drug-likeness (QED) is 0.210. The lowest BCUT2D eigenvalue weighted by Gasteiger charge is -2.23. The molecule has 0 radical (unpaired) electrons. The summed E-state index contributed by atoms with van der Waals surface area (Å²) >= 11 is 0. The molecular formula is C28H31N5O8. The molecule has 0 fully saturated rings. The lowest BCUT2D eigenvalue weighted by Crippen LogP contribution is -2.31. The first-order valence-corrected chi connectivity index (χ1v) is 12.7. The van der Waals surface area contributed by atoms with Gasteiger partial charge in [0.15, 0.2) is 0 Å². The number of carbonyl (C=O) groups is 4.